The highest BCUT2D eigenvalue weighted by atomic mass is 35.5. The minimum atomic E-state index is -0.488. The van der Waals surface area contributed by atoms with Gasteiger partial charge in [-0.3, -0.25) is 4.79 Å². The molecule has 0 aliphatic heterocycles. The van der Waals surface area contributed by atoms with Crippen molar-refractivity contribution >= 4 is 46.3 Å². The number of aromatic nitrogens is 2. The lowest BCUT2D eigenvalue weighted by atomic mass is 10.2. The Balaban J connectivity index is 1.88. The average Bonchev–Trinajstić information content (AvgIpc) is 3.23. The fourth-order valence-corrected chi connectivity index (χ4v) is 4.10. The number of amides is 1. The molecular weight excluding hydrogens is 451 g/mol. The summed E-state index contributed by atoms with van der Waals surface area (Å²) in [7, 11) is 7.51. The lowest BCUT2D eigenvalue weighted by molar-refractivity contribution is 0.0832. The molecule has 32 heavy (non-hydrogen) atoms. The summed E-state index contributed by atoms with van der Waals surface area (Å²) in [6, 6.07) is 8.05. The lowest BCUT2D eigenvalue weighted by Crippen LogP contribution is -2.20. The van der Waals surface area contributed by atoms with Crippen LogP contribution in [-0.4, -0.2) is 67.0 Å². The number of thiophene rings is 1. The van der Waals surface area contributed by atoms with Gasteiger partial charge in [-0.1, -0.05) is 11.6 Å². The topological polar surface area (TPSA) is 73.4 Å². The first-order valence-electron chi connectivity index (χ1n) is 10.0. The average molecular weight is 477 g/mol. The van der Waals surface area contributed by atoms with Crippen molar-refractivity contribution in [1.82, 2.24) is 19.8 Å². The summed E-state index contributed by atoms with van der Waals surface area (Å²) in [6.07, 6.45) is 2.64. The second-order valence-corrected chi connectivity index (χ2v) is 9.15. The molecule has 0 saturated heterocycles. The van der Waals surface area contributed by atoms with Crippen molar-refractivity contribution < 1.29 is 9.18 Å². The van der Waals surface area contributed by atoms with Gasteiger partial charge in [-0.05, 0) is 57.4 Å². The van der Waals surface area contributed by atoms with Crippen molar-refractivity contribution in [3.63, 3.8) is 0 Å². The van der Waals surface area contributed by atoms with E-state index >= 15 is 0 Å². The largest absolute Gasteiger partial charge is 0.369 e. The molecule has 2 heterocycles. The van der Waals surface area contributed by atoms with Gasteiger partial charge in [-0.2, -0.15) is 4.98 Å². The fraction of sp³-hybridized carbons (Fsp3) is 0.318. The highest BCUT2D eigenvalue weighted by Crippen LogP contribution is 2.33. The molecular formula is C22H26ClFN6OS. The summed E-state index contributed by atoms with van der Waals surface area (Å²) >= 11 is 7.27. The monoisotopic (exact) mass is 476 g/mol. The highest BCUT2D eigenvalue weighted by molar-refractivity contribution is 7.17. The van der Waals surface area contributed by atoms with Crippen LogP contribution in [0.5, 0.6) is 0 Å². The molecule has 3 aromatic rings. The molecule has 0 atom stereocenters. The maximum Gasteiger partial charge on any atom is 0.263 e. The van der Waals surface area contributed by atoms with Crippen LogP contribution in [0.4, 0.5) is 21.8 Å². The smallest absolute Gasteiger partial charge is 0.263 e. The van der Waals surface area contributed by atoms with Crippen molar-refractivity contribution in [3.8, 4) is 10.4 Å². The molecule has 1 aromatic carbocycles. The highest BCUT2D eigenvalue weighted by Gasteiger charge is 2.16. The Morgan fingerprint density at radius 2 is 1.97 bits per heavy atom. The molecule has 2 N–H and O–H groups in total. The molecule has 2 aromatic heterocycles. The van der Waals surface area contributed by atoms with E-state index in [2.05, 4.69) is 25.5 Å². The number of carbonyl (C=O) groups is 1. The zero-order chi connectivity index (χ0) is 23.3. The number of nitrogens with zero attached hydrogens (tertiary/aromatic N) is 4. The van der Waals surface area contributed by atoms with Crippen LogP contribution in [-0.2, 0) is 0 Å². The van der Waals surface area contributed by atoms with Crippen LogP contribution in [0.1, 0.15) is 16.1 Å². The molecule has 3 rings (SSSR count). The van der Waals surface area contributed by atoms with Gasteiger partial charge in [0.25, 0.3) is 5.91 Å². The van der Waals surface area contributed by atoms with E-state index < -0.39 is 5.82 Å². The zero-order valence-electron chi connectivity index (χ0n) is 18.4. The van der Waals surface area contributed by atoms with Crippen LogP contribution in [0, 0.1) is 5.82 Å². The van der Waals surface area contributed by atoms with E-state index in [0.29, 0.717) is 22.3 Å². The summed E-state index contributed by atoms with van der Waals surface area (Å²) in [5.74, 6) is 0.472. The Bertz CT molecular complexity index is 1090. The number of carbonyl (C=O) groups excluding carboxylic acids is 1. The molecule has 7 nitrogen and oxygen atoms in total. The number of benzene rings is 1. The molecule has 0 bridgehead atoms. The van der Waals surface area contributed by atoms with E-state index in [0.717, 1.165) is 30.0 Å². The quantitative estimate of drug-likeness (QED) is 0.432. The van der Waals surface area contributed by atoms with Crippen molar-refractivity contribution in [2.24, 2.45) is 0 Å². The van der Waals surface area contributed by atoms with E-state index in [9.17, 15) is 9.18 Å². The summed E-state index contributed by atoms with van der Waals surface area (Å²) in [4.78, 5) is 26.5. The minimum Gasteiger partial charge on any atom is -0.369 e. The third-order valence-corrected chi connectivity index (χ3v) is 5.92. The standard InChI is InChI=1S/C22H26ClFN6OS/c1-29(2)11-5-10-25-20-15(18-8-9-19(32-18)21(31)30(3)4)13-26-22(28-20)27-14-6-7-17(24)16(23)12-14/h6-9,12-13H,5,10-11H2,1-4H3,(H2,25,26,27,28). The van der Waals surface area contributed by atoms with E-state index in [1.807, 2.05) is 26.2 Å². The molecule has 0 aliphatic rings. The number of halogens is 2. The van der Waals surface area contributed by atoms with E-state index in [-0.39, 0.29) is 10.9 Å². The van der Waals surface area contributed by atoms with Crippen LogP contribution in [0.3, 0.4) is 0 Å². The molecule has 0 aliphatic carbocycles. The van der Waals surface area contributed by atoms with Gasteiger partial charge in [-0.15, -0.1) is 11.3 Å². The van der Waals surface area contributed by atoms with E-state index in [1.54, 1.807) is 31.3 Å². The Hall–Kier alpha value is -2.75. The van der Waals surface area contributed by atoms with Gasteiger partial charge in [0.2, 0.25) is 5.95 Å². The van der Waals surface area contributed by atoms with Crippen LogP contribution in [0.25, 0.3) is 10.4 Å². The maximum absolute atomic E-state index is 13.5. The molecule has 0 unspecified atom stereocenters. The third-order valence-electron chi connectivity index (χ3n) is 4.53. The molecule has 170 valence electrons. The normalized spacial score (nSPS) is 11.0. The Kier molecular flexibility index (Phi) is 8.00. The molecule has 0 saturated carbocycles. The maximum atomic E-state index is 13.5. The second kappa shape index (κ2) is 10.7. The van der Waals surface area contributed by atoms with Crippen molar-refractivity contribution in [2.45, 2.75) is 6.42 Å². The number of hydrogen-bond acceptors (Lipinski definition) is 7. The predicted octanol–water partition coefficient (Wildman–Crippen LogP) is 4.81. The van der Waals surface area contributed by atoms with Gasteiger partial charge >= 0.3 is 0 Å². The fourth-order valence-electron chi connectivity index (χ4n) is 2.88. The molecule has 10 heteroatoms. The minimum absolute atomic E-state index is 0.0188. The Labute approximate surface area is 196 Å². The van der Waals surface area contributed by atoms with Crippen molar-refractivity contribution in [2.75, 3.05) is 51.9 Å². The Morgan fingerprint density at radius 3 is 2.66 bits per heavy atom. The van der Waals surface area contributed by atoms with Crippen molar-refractivity contribution in [3.05, 3.63) is 52.2 Å². The number of rotatable bonds is 9. The van der Waals surface area contributed by atoms with Gasteiger partial charge in [-0.25, -0.2) is 9.37 Å². The molecule has 0 spiro atoms. The summed E-state index contributed by atoms with van der Waals surface area (Å²) in [5.41, 5.74) is 1.39. The van der Waals surface area contributed by atoms with E-state index in [1.165, 1.54) is 23.5 Å². The summed E-state index contributed by atoms with van der Waals surface area (Å²) in [5, 5.41) is 6.46. The van der Waals surface area contributed by atoms with Gasteiger partial charge in [0.15, 0.2) is 0 Å². The van der Waals surface area contributed by atoms with Gasteiger partial charge in [0, 0.05) is 37.4 Å². The zero-order valence-corrected chi connectivity index (χ0v) is 20.0. The predicted molar refractivity (Wildman–Crippen MR) is 130 cm³/mol. The third kappa shape index (κ3) is 6.15. The van der Waals surface area contributed by atoms with Crippen LogP contribution >= 0.6 is 22.9 Å². The lowest BCUT2D eigenvalue weighted by Gasteiger charge is -2.14. The Morgan fingerprint density at radius 1 is 1.19 bits per heavy atom. The van der Waals surface area contributed by atoms with Crippen LogP contribution in [0.2, 0.25) is 5.02 Å². The SMILES string of the molecule is CN(C)CCCNc1nc(Nc2ccc(F)c(Cl)c2)ncc1-c1ccc(C(=O)N(C)C)s1. The molecule has 0 radical (unpaired) electrons. The summed E-state index contributed by atoms with van der Waals surface area (Å²) in [6.45, 7) is 1.66. The number of hydrogen-bond donors (Lipinski definition) is 2. The van der Waals surface area contributed by atoms with Crippen molar-refractivity contribution in [1.29, 1.82) is 0 Å². The van der Waals surface area contributed by atoms with E-state index in [4.69, 9.17) is 11.6 Å². The van der Waals surface area contributed by atoms with Gasteiger partial charge < -0.3 is 20.4 Å². The van der Waals surface area contributed by atoms with Gasteiger partial charge in [0.05, 0.1) is 15.5 Å². The summed E-state index contributed by atoms with van der Waals surface area (Å²) < 4.78 is 13.5. The molecule has 0 fully saturated rings. The number of nitrogens with one attached hydrogen (secondary N) is 2. The first-order valence-corrected chi connectivity index (χ1v) is 11.2. The van der Waals surface area contributed by atoms with Crippen LogP contribution < -0.4 is 10.6 Å². The van der Waals surface area contributed by atoms with Crippen LogP contribution in [0.15, 0.2) is 36.5 Å². The van der Waals surface area contributed by atoms with Gasteiger partial charge in [0.1, 0.15) is 11.6 Å². The first-order chi connectivity index (χ1) is 15.2. The molecule has 1 amide bonds. The second-order valence-electron chi connectivity index (χ2n) is 7.66. The number of anilines is 3. The first kappa shape index (κ1) is 23.9.